The summed E-state index contributed by atoms with van der Waals surface area (Å²) in [5.41, 5.74) is -4.26. The minimum absolute atomic E-state index is 0.0153. The zero-order valence-electron chi connectivity index (χ0n) is 14.5. The maximum absolute atomic E-state index is 14.4. The predicted molar refractivity (Wildman–Crippen MR) is 89.2 cm³/mol. The van der Waals surface area contributed by atoms with Gasteiger partial charge in [-0.3, -0.25) is 9.36 Å². The van der Waals surface area contributed by atoms with E-state index in [1.165, 1.54) is 4.98 Å². The average Bonchev–Trinajstić information content (AvgIpc) is 2.63. The highest BCUT2D eigenvalue weighted by Gasteiger charge is 2.33. The van der Waals surface area contributed by atoms with Crippen LogP contribution < -0.4 is 21.0 Å². The highest BCUT2D eigenvalue weighted by Crippen LogP contribution is 2.30. The second-order valence-corrected chi connectivity index (χ2v) is 6.04. The number of aromatic amines is 1. The largest absolute Gasteiger partial charge is 0.630 e. The Balaban J connectivity index is 2.01. The molecule has 1 aromatic heterocycles. The summed E-state index contributed by atoms with van der Waals surface area (Å²) in [4.78, 5) is 25.4. The number of benzene rings is 1. The summed E-state index contributed by atoms with van der Waals surface area (Å²) in [5.74, 6) is 1.32. The van der Waals surface area contributed by atoms with E-state index in [0.717, 1.165) is 12.1 Å². The van der Waals surface area contributed by atoms with Crippen LogP contribution in [0.4, 0.5) is 17.6 Å². The van der Waals surface area contributed by atoms with Gasteiger partial charge in [-0.1, -0.05) is 5.92 Å². The van der Waals surface area contributed by atoms with Gasteiger partial charge in [0.2, 0.25) is 13.0 Å². The van der Waals surface area contributed by atoms with Crippen molar-refractivity contribution in [3.05, 3.63) is 66.9 Å². The zero-order valence-corrected chi connectivity index (χ0v) is 14.5. The molecule has 0 radical (unpaired) electrons. The average molecular weight is 415 g/mol. The van der Waals surface area contributed by atoms with Crippen LogP contribution >= 0.6 is 0 Å². The summed E-state index contributed by atoms with van der Waals surface area (Å²) in [6, 6.07) is 2.28. The van der Waals surface area contributed by atoms with E-state index in [2.05, 4.69) is 5.92 Å². The Morgan fingerprint density at radius 1 is 1.38 bits per heavy atom. The molecule has 12 heteroatoms. The van der Waals surface area contributed by atoms with Gasteiger partial charge in [-0.2, -0.15) is 13.2 Å². The topological polar surface area (TPSA) is 101 Å². The summed E-state index contributed by atoms with van der Waals surface area (Å²) >= 11 is 0. The first-order valence-corrected chi connectivity index (χ1v) is 8.06. The SMILES string of the molecule is C#CCOC1c2cc(Cn3c(=O)cc(C(F)(F)F)[nH]c3=O)c(F)cc2OC[NH+]1[O-]. The van der Waals surface area contributed by atoms with Crippen LogP contribution in [-0.4, -0.2) is 22.9 Å². The van der Waals surface area contributed by atoms with Gasteiger partial charge in [-0.15, -0.1) is 6.42 Å². The van der Waals surface area contributed by atoms with Crippen molar-refractivity contribution in [3.8, 4) is 18.1 Å². The van der Waals surface area contributed by atoms with Gasteiger partial charge in [0.15, 0.2) is 0 Å². The Hall–Kier alpha value is -3.14. The lowest BCUT2D eigenvalue weighted by molar-refractivity contribution is -0.927. The molecular formula is C17H13F4N3O5. The van der Waals surface area contributed by atoms with Crippen molar-refractivity contribution in [3.63, 3.8) is 0 Å². The second-order valence-electron chi connectivity index (χ2n) is 6.04. The Kier molecular flexibility index (Phi) is 5.47. The van der Waals surface area contributed by atoms with Crippen LogP contribution in [0.3, 0.4) is 0 Å². The molecule has 2 N–H and O–H groups in total. The number of fused-ring (bicyclic) bond motifs is 1. The molecule has 8 nitrogen and oxygen atoms in total. The molecular weight excluding hydrogens is 402 g/mol. The van der Waals surface area contributed by atoms with Gasteiger partial charge in [-0.25, -0.2) is 9.18 Å². The molecule has 2 aromatic rings. The highest BCUT2D eigenvalue weighted by molar-refractivity contribution is 5.40. The third-order valence-corrected chi connectivity index (χ3v) is 4.11. The molecule has 1 aromatic carbocycles. The van der Waals surface area contributed by atoms with E-state index < -0.39 is 46.8 Å². The summed E-state index contributed by atoms with van der Waals surface area (Å²) in [6.07, 6.45) is -0.955. The minimum atomic E-state index is -4.92. The molecule has 0 bridgehead atoms. The van der Waals surface area contributed by atoms with Gasteiger partial charge in [-0.05, 0) is 6.07 Å². The molecule has 0 fully saturated rings. The van der Waals surface area contributed by atoms with E-state index >= 15 is 0 Å². The molecule has 0 saturated heterocycles. The van der Waals surface area contributed by atoms with Crippen molar-refractivity contribution in [2.24, 2.45) is 0 Å². The van der Waals surface area contributed by atoms with Crippen molar-refractivity contribution >= 4 is 0 Å². The van der Waals surface area contributed by atoms with Crippen LogP contribution in [0.1, 0.15) is 23.0 Å². The monoisotopic (exact) mass is 415 g/mol. The fraction of sp³-hybridized carbons (Fsp3) is 0.294. The maximum atomic E-state index is 14.4. The number of aromatic nitrogens is 2. The Bertz CT molecular complexity index is 1060. The highest BCUT2D eigenvalue weighted by atomic mass is 19.4. The van der Waals surface area contributed by atoms with Crippen molar-refractivity contribution in [1.82, 2.24) is 9.55 Å². The molecule has 2 unspecified atom stereocenters. The van der Waals surface area contributed by atoms with E-state index in [1.54, 1.807) is 0 Å². The van der Waals surface area contributed by atoms with E-state index in [-0.39, 0.29) is 36.3 Å². The van der Waals surface area contributed by atoms with Gasteiger partial charge < -0.3 is 24.7 Å². The number of ether oxygens (including phenoxy) is 2. The number of halogens is 4. The van der Waals surface area contributed by atoms with Gasteiger partial charge in [0, 0.05) is 17.7 Å². The van der Waals surface area contributed by atoms with Crippen LogP contribution in [0.5, 0.6) is 5.75 Å². The number of hydrogen-bond donors (Lipinski definition) is 2. The summed E-state index contributed by atoms with van der Waals surface area (Å²) < 4.78 is 63.3. The first-order chi connectivity index (χ1) is 13.6. The van der Waals surface area contributed by atoms with E-state index in [4.69, 9.17) is 15.9 Å². The van der Waals surface area contributed by atoms with Gasteiger partial charge in [0.1, 0.15) is 23.9 Å². The Labute approximate surface area is 159 Å². The van der Waals surface area contributed by atoms with Gasteiger partial charge in [0.25, 0.3) is 5.56 Å². The fourth-order valence-corrected chi connectivity index (χ4v) is 2.78. The van der Waals surface area contributed by atoms with Crippen LogP contribution in [0.15, 0.2) is 27.8 Å². The first-order valence-electron chi connectivity index (χ1n) is 8.06. The van der Waals surface area contributed by atoms with Crippen molar-refractivity contribution in [1.29, 1.82) is 0 Å². The lowest BCUT2D eigenvalue weighted by Gasteiger charge is -2.35. The standard InChI is InChI=1S/C17H13F4N3O5/c1-2-3-28-15-10-4-9(11(18)5-12(10)29-8-24(15)27)7-23-14(25)6-13(17(19,20)21)22-16(23)26/h1,4-6,15,24H,3,7-8H2,(H,22,26). The molecule has 1 aliphatic rings. The fourth-order valence-electron chi connectivity index (χ4n) is 2.78. The number of terminal acetylenes is 1. The number of alkyl halides is 3. The first kappa shape index (κ1) is 20.6. The molecule has 0 aliphatic carbocycles. The number of nitrogens with zero attached hydrogens (tertiary/aromatic N) is 1. The van der Waals surface area contributed by atoms with Gasteiger partial charge >= 0.3 is 11.9 Å². The third kappa shape index (κ3) is 4.16. The number of H-pyrrole nitrogens is 1. The number of rotatable bonds is 4. The normalized spacial score (nSPS) is 18.6. The third-order valence-electron chi connectivity index (χ3n) is 4.11. The minimum Gasteiger partial charge on any atom is -0.630 e. The zero-order chi connectivity index (χ0) is 21.3. The molecule has 0 spiro atoms. The van der Waals surface area contributed by atoms with Crippen molar-refractivity contribution in [2.75, 3.05) is 13.3 Å². The lowest BCUT2D eigenvalue weighted by Crippen LogP contribution is -3.09. The molecule has 1 aliphatic heterocycles. The van der Waals surface area contributed by atoms with Crippen LogP contribution in [0, 0.1) is 23.4 Å². The molecule has 0 saturated carbocycles. The molecule has 154 valence electrons. The Morgan fingerprint density at radius 2 is 2.10 bits per heavy atom. The smallest absolute Gasteiger partial charge is 0.431 e. The summed E-state index contributed by atoms with van der Waals surface area (Å²) in [6.45, 7) is -1.25. The second kappa shape index (κ2) is 7.70. The van der Waals surface area contributed by atoms with Crippen LogP contribution in [-0.2, 0) is 17.5 Å². The molecule has 2 atom stereocenters. The Morgan fingerprint density at radius 3 is 2.72 bits per heavy atom. The molecule has 0 amide bonds. The number of quaternary nitrogens is 1. The molecule has 29 heavy (non-hydrogen) atoms. The quantitative estimate of drug-likeness (QED) is 0.420. The van der Waals surface area contributed by atoms with E-state index in [9.17, 15) is 32.4 Å². The number of hydroxylamine groups is 2. The van der Waals surface area contributed by atoms with Crippen molar-refractivity contribution < 1.29 is 32.1 Å². The summed E-state index contributed by atoms with van der Waals surface area (Å²) in [5, 5.41) is 11.6. The maximum Gasteiger partial charge on any atom is 0.431 e. The molecule has 3 rings (SSSR count). The predicted octanol–water partition coefficient (Wildman–Crippen LogP) is 0.124. The van der Waals surface area contributed by atoms with E-state index in [1.807, 2.05) is 0 Å². The van der Waals surface area contributed by atoms with E-state index in [0.29, 0.717) is 4.57 Å². The van der Waals surface area contributed by atoms with Gasteiger partial charge in [0.05, 0.1) is 12.1 Å². The molecule has 2 heterocycles. The number of nitrogens with one attached hydrogen (secondary N) is 2. The van der Waals surface area contributed by atoms with Crippen LogP contribution in [0.25, 0.3) is 0 Å². The lowest BCUT2D eigenvalue weighted by atomic mass is 10.1. The van der Waals surface area contributed by atoms with Crippen molar-refractivity contribution in [2.45, 2.75) is 18.9 Å². The number of hydrogen-bond acceptors (Lipinski definition) is 5. The summed E-state index contributed by atoms with van der Waals surface area (Å²) in [7, 11) is 0. The van der Waals surface area contributed by atoms with Crippen LogP contribution in [0.2, 0.25) is 0 Å².